The van der Waals surface area contributed by atoms with Crippen molar-refractivity contribution in [2.24, 2.45) is 0 Å². The summed E-state index contributed by atoms with van der Waals surface area (Å²) < 4.78 is 85.0. The molecule has 12 heteroatoms. The Kier molecular flexibility index (Phi) is 23.0. The molecule has 0 N–H and O–H groups in total. The molecule has 1 aliphatic carbocycles. The van der Waals surface area contributed by atoms with Gasteiger partial charge >= 0.3 is 0 Å². The van der Waals surface area contributed by atoms with E-state index in [0.29, 0.717) is 6.61 Å². The van der Waals surface area contributed by atoms with E-state index in [4.69, 9.17) is 56.8 Å². The summed E-state index contributed by atoms with van der Waals surface area (Å²) in [5, 5.41) is 0. The molecule has 436 valence electrons. The predicted octanol–water partition coefficient (Wildman–Crippen LogP) is 13.0. The molecular weight excluding hydrogens is 1060 g/mol. The maximum absolute atomic E-state index is 7.81. The van der Waals surface area contributed by atoms with Crippen molar-refractivity contribution in [1.82, 2.24) is 0 Å². The standard InChI is InChI=1S/C72H76O12/c1-3-43-75-65-66(78-47-56-31-17-7-18-32-56)67(79-48-57-33-19-8-20-34-57)69(80-49-58-35-21-9-22-36-58)70(68(65)81-51-60-39-41-61(73-2)42-40-60)84-72-71(82-50-59-37-23-10-24-38-59)64(77-46-55-29-15-6-16-30-55)63(76-45-54-27-13-5-14-28-54)62(83-72)52-74-44-53-25-11-4-12-26-53/h3-42,62-72H,1,43-52H2,2H3/t62-,63-,64+,65+,66+,67-,68-,69+,70-,71+,72-/m1/s1. The molecule has 0 aromatic heterocycles. The van der Waals surface area contributed by atoms with Gasteiger partial charge in [-0.1, -0.05) is 231 Å². The smallest absolute Gasteiger partial charge is 0.187 e. The van der Waals surface area contributed by atoms with Crippen molar-refractivity contribution in [2.45, 2.75) is 120 Å². The third-order valence-electron chi connectivity index (χ3n) is 14.9. The molecular formula is C72H76O12. The molecule has 2 aliphatic rings. The van der Waals surface area contributed by atoms with Crippen LogP contribution in [0.5, 0.6) is 5.75 Å². The largest absolute Gasteiger partial charge is 0.497 e. The van der Waals surface area contributed by atoms with E-state index in [0.717, 1.165) is 50.3 Å². The van der Waals surface area contributed by atoms with Crippen LogP contribution in [0.3, 0.4) is 0 Å². The fourth-order valence-corrected chi connectivity index (χ4v) is 10.6. The quantitative estimate of drug-likeness (QED) is 0.0386. The van der Waals surface area contributed by atoms with Crippen LogP contribution in [0.4, 0.5) is 0 Å². The lowest BCUT2D eigenvalue weighted by Gasteiger charge is -2.52. The molecule has 8 aromatic rings. The van der Waals surface area contributed by atoms with Gasteiger partial charge in [-0.15, -0.1) is 6.58 Å². The topological polar surface area (TPSA) is 111 Å². The van der Waals surface area contributed by atoms with Gasteiger partial charge in [0.15, 0.2) is 6.29 Å². The van der Waals surface area contributed by atoms with Crippen LogP contribution in [-0.2, 0) is 105 Å². The molecule has 10 rings (SSSR count). The van der Waals surface area contributed by atoms with Crippen molar-refractivity contribution in [1.29, 1.82) is 0 Å². The number of hydrogen-bond acceptors (Lipinski definition) is 12. The van der Waals surface area contributed by atoms with Gasteiger partial charge in [-0.05, 0) is 56.6 Å². The third kappa shape index (κ3) is 17.3. The highest BCUT2D eigenvalue weighted by molar-refractivity contribution is 5.27. The Morgan fingerprint density at radius 1 is 0.321 bits per heavy atom. The highest BCUT2D eigenvalue weighted by Crippen LogP contribution is 2.40. The molecule has 8 aromatic carbocycles. The summed E-state index contributed by atoms with van der Waals surface area (Å²) >= 11 is 0. The predicted molar refractivity (Wildman–Crippen MR) is 321 cm³/mol. The summed E-state index contributed by atoms with van der Waals surface area (Å²) in [6, 6.07) is 78.3. The summed E-state index contributed by atoms with van der Waals surface area (Å²) in [6.07, 6.45) is -7.94. The first-order valence-electron chi connectivity index (χ1n) is 28.9. The van der Waals surface area contributed by atoms with E-state index >= 15 is 0 Å². The van der Waals surface area contributed by atoms with Crippen LogP contribution in [0.2, 0.25) is 0 Å². The fourth-order valence-electron chi connectivity index (χ4n) is 10.6. The van der Waals surface area contributed by atoms with Crippen LogP contribution in [0, 0.1) is 0 Å². The van der Waals surface area contributed by atoms with Crippen molar-refractivity contribution >= 4 is 0 Å². The third-order valence-corrected chi connectivity index (χ3v) is 14.9. The van der Waals surface area contributed by atoms with E-state index < -0.39 is 67.3 Å². The zero-order valence-corrected chi connectivity index (χ0v) is 47.6. The molecule has 2 fully saturated rings. The number of ether oxygens (including phenoxy) is 12. The highest BCUT2D eigenvalue weighted by atomic mass is 16.7. The molecule has 11 atom stereocenters. The number of hydrogen-bond donors (Lipinski definition) is 0. The first kappa shape index (κ1) is 60.0. The lowest BCUT2D eigenvalue weighted by atomic mass is 9.83. The Morgan fingerprint density at radius 2 is 0.607 bits per heavy atom. The summed E-state index contributed by atoms with van der Waals surface area (Å²) in [4.78, 5) is 0. The van der Waals surface area contributed by atoms with Crippen molar-refractivity contribution in [3.05, 3.63) is 294 Å². The molecule has 1 aliphatic heterocycles. The molecule has 0 spiro atoms. The van der Waals surface area contributed by atoms with Crippen LogP contribution in [0.15, 0.2) is 249 Å². The second-order valence-electron chi connectivity index (χ2n) is 20.9. The summed E-state index contributed by atoms with van der Waals surface area (Å²) in [5.74, 6) is 0.723. The maximum Gasteiger partial charge on any atom is 0.187 e. The SMILES string of the molecule is C=CCO[C@H]1[C@H](OCc2ccccc2)[C@@H](OCc2ccccc2)[C@H](OCc2ccccc2)[C@H](O[C@H]2O[C@H](COCc3ccccc3)[C@@H](OCc3ccccc3)[C@H](OCc3ccccc3)[C@@H]2OCc2ccccc2)[C@@H]1OCc1ccc(OC)cc1. The molecule has 0 bridgehead atoms. The van der Waals surface area contributed by atoms with Crippen molar-refractivity contribution < 1.29 is 56.8 Å². The van der Waals surface area contributed by atoms with E-state index in [2.05, 4.69) is 6.58 Å². The number of rotatable bonds is 31. The van der Waals surface area contributed by atoms with Gasteiger partial charge in [0.05, 0.1) is 73.2 Å². The fraction of sp³-hybridized carbons (Fsp3) is 0.306. The van der Waals surface area contributed by atoms with Crippen molar-refractivity contribution in [3.8, 4) is 5.75 Å². The lowest BCUT2D eigenvalue weighted by Crippen LogP contribution is -2.69. The van der Waals surface area contributed by atoms with Crippen LogP contribution in [0.25, 0.3) is 0 Å². The van der Waals surface area contributed by atoms with E-state index in [1.54, 1.807) is 13.2 Å². The first-order valence-corrected chi connectivity index (χ1v) is 28.9. The van der Waals surface area contributed by atoms with Gasteiger partial charge in [-0.2, -0.15) is 0 Å². The van der Waals surface area contributed by atoms with Gasteiger partial charge < -0.3 is 56.8 Å². The second kappa shape index (κ2) is 32.2. The normalized spacial score (nSPS) is 23.2. The van der Waals surface area contributed by atoms with Gasteiger partial charge in [0, 0.05) is 0 Å². The maximum atomic E-state index is 7.81. The molecule has 0 radical (unpaired) electrons. The van der Waals surface area contributed by atoms with Crippen LogP contribution in [-0.4, -0.2) is 87.7 Å². The zero-order chi connectivity index (χ0) is 57.4. The summed E-state index contributed by atoms with van der Waals surface area (Å²) in [7, 11) is 1.65. The van der Waals surface area contributed by atoms with Gasteiger partial charge in [0.25, 0.3) is 0 Å². The van der Waals surface area contributed by atoms with Crippen LogP contribution in [0.1, 0.15) is 44.5 Å². The Labute approximate surface area is 494 Å². The lowest BCUT2D eigenvalue weighted by molar-refractivity contribution is -0.365. The molecule has 0 amide bonds. The molecule has 1 heterocycles. The average molecular weight is 1130 g/mol. The van der Waals surface area contributed by atoms with Crippen LogP contribution >= 0.6 is 0 Å². The minimum Gasteiger partial charge on any atom is -0.497 e. The molecule has 84 heavy (non-hydrogen) atoms. The zero-order valence-electron chi connectivity index (χ0n) is 47.6. The van der Waals surface area contributed by atoms with Crippen molar-refractivity contribution in [3.63, 3.8) is 0 Å². The monoisotopic (exact) mass is 1130 g/mol. The van der Waals surface area contributed by atoms with Gasteiger partial charge in [0.2, 0.25) is 0 Å². The minimum absolute atomic E-state index is 0.115. The molecule has 12 nitrogen and oxygen atoms in total. The summed E-state index contributed by atoms with van der Waals surface area (Å²) in [6.45, 7) is 6.20. The van der Waals surface area contributed by atoms with Gasteiger partial charge in [-0.25, -0.2) is 0 Å². The molecule has 1 saturated heterocycles. The molecule has 1 saturated carbocycles. The van der Waals surface area contributed by atoms with E-state index in [1.165, 1.54) is 0 Å². The van der Waals surface area contributed by atoms with Gasteiger partial charge in [-0.3, -0.25) is 0 Å². The number of benzene rings is 8. The average Bonchev–Trinajstić information content (AvgIpc) is 2.51. The molecule has 0 unspecified atom stereocenters. The Balaban J connectivity index is 1.11. The first-order chi connectivity index (χ1) is 41.6. The highest BCUT2D eigenvalue weighted by Gasteiger charge is 2.58. The van der Waals surface area contributed by atoms with E-state index in [9.17, 15) is 0 Å². The van der Waals surface area contributed by atoms with E-state index in [1.807, 2.05) is 237 Å². The van der Waals surface area contributed by atoms with E-state index in [-0.39, 0.29) is 59.5 Å². The minimum atomic E-state index is -1.17. The number of methoxy groups -OCH3 is 1. The Bertz CT molecular complexity index is 3070. The summed E-state index contributed by atoms with van der Waals surface area (Å²) in [5.41, 5.74) is 7.68. The Morgan fingerprint density at radius 3 is 0.952 bits per heavy atom. The van der Waals surface area contributed by atoms with Crippen LogP contribution < -0.4 is 4.74 Å². The second-order valence-corrected chi connectivity index (χ2v) is 20.9. The van der Waals surface area contributed by atoms with Crippen molar-refractivity contribution in [2.75, 3.05) is 20.3 Å². The Hall–Kier alpha value is -7.14. The van der Waals surface area contributed by atoms with Gasteiger partial charge in [0.1, 0.15) is 66.8 Å².